The Morgan fingerprint density at radius 2 is 2.00 bits per heavy atom. The number of fused-ring (bicyclic) bond motifs is 5. The molecule has 0 saturated heterocycles. The molecule has 0 N–H and O–H groups in total. The quantitative estimate of drug-likeness (QED) is 0.439. The Balaban J connectivity index is 1.74. The Morgan fingerprint density at radius 1 is 1.23 bits per heavy atom. The minimum atomic E-state index is -0.307. The molecule has 0 aliphatic carbocycles. The van der Waals surface area contributed by atoms with Crippen LogP contribution in [0.15, 0.2) is 39.8 Å². The minimum Gasteiger partial charge on any atom is -0.430 e. The van der Waals surface area contributed by atoms with E-state index in [1.807, 2.05) is 24.3 Å². The van der Waals surface area contributed by atoms with Gasteiger partial charge in [-0.3, -0.25) is 9.36 Å². The molecule has 0 radical (unpaired) electrons. The number of pyridine rings is 1. The summed E-state index contributed by atoms with van der Waals surface area (Å²) in [5.74, 6) is 0.209. The zero-order valence-corrected chi connectivity index (χ0v) is 18.8. The molecule has 1 aromatic carbocycles. The standard InChI is InChI=1S/C24H24ClN3O3/c1-13(2)19-16-11-30-24(3,4)9-15(16)18-20-21(31-22(18)27-19)23(29)28(12-26-20)10-14-7-5-6-8-17(14)25/h5-8,12-13H,9-11H2,1-4H3. The first-order valence-electron chi connectivity index (χ1n) is 10.5. The van der Waals surface area contributed by atoms with Crippen molar-refractivity contribution in [1.82, 2.24) is 14.5 Å². The third-order valence-electron chi connectivity index (χ3n) is 5.90. The monoisotopic (exact) mass is 437 g/mol. The molecule has 160 valence electrons. The first-order chi connectivity index (χ1) is 14.7. The van der Waals surface area contributed by atoms with Crippen molar-refractivity contribution >= 4 is 33.8 Å². The Labute approximate surface area is 184 Å². The maximum atomic E-state index is 13.3. The first-order valence-corrected chi connectivity index (χ1v) is 10.8. The molecule has 4 heterocycles. The molecule has 0 atom stereocenters. The van der Waals surface area contributed by atoms with E-state index in [2.05, 4.69) is 32.7 Å². The lowest BCUT2D eigenvalue weighted by atomic mass is 9.87. The van der Waals surface area contributed by atoms with Crippen LogP contribution in [0.25, 0.3) is 22.2 Å². The highest BCUT2D eigenvalue weighted by Crippen LogP contribution is 2.39. The third kappa shape index (κ3) is 3.34. The first kappa shape index (κ1) is 20.2. The van der Waals surface area contributed by atoms with Crippen LogP contribution in [0.3, 0.4) is 0 Å². The molecule has 0 fully saturated rings. The second-order valence-corrected chi connectivity index (χ2v) is 9.47. The van der Waals surface area contributed by atoms with Gasteiger partial charge in [0.05, 0.1) is 36.2 Å². The predicted octanol–water partition coefficient (Wildman–Crippen LogP) is 5.21. The maximum absolute atomic E-state index is 13.3. The minimum absolute atomic E-state index is 0.209. The number of hydrogen-bond donors (Lipinski definition) is 0. The number of hydrogen-bond acceptors (Lipinski definition) is 5. The summed E-state index contributed by atoms with van der Waals surface area (Å²) in [5.41, 5.74) is 4.72. The van der Waals surface area contributed by atoms with Crippen LogP contribution in [0.5, 0.6) is 0 Å². The average Bonchev–Trinajstić information content (AvgIpc) is 3.10. The van der Waals surface area contributed by atoms with Crippen LogP contribution in [0.4, 0.5) is 0 Å². The SMILES string of the molecule is CC(C)c1nc2oc3c(=O)n(Cc4ccccc4Cl)cnc3c2c2c1COC(C)(C)C2. The summed E-state index contributed by atoms with van der Waals surface area (Å²) in [6, 6.07) is 7.46. The van der Waals surface area contributed by atoms with Crippen molar-refractivity contribution in [2.24, 2.45) is 0 Å². The van der Waals surface area contributed by atoms with E-state index in [-0.39, 0.29) is 22.7 Å². The van der Waals surface area contributed by atoms with Crippen molar-refractivity contribution in [1.29, 1.82) is 0 Å². The van der Waals surface area contributed by atoms with Gasteiger partial charge < -0.3 is 9.15 Å². The molecule has 6 nitrogen and oxygen atoms in total. The van der Waals surface area contributed by atoms with Crippen molar-refractivity contribution in [3.63, 3.8) is 0 Å². The van der Waals surface area contributed by atoms with Gasteiger partial charge in [-0.15, -0.1) is 0 Å². The molecule has 4 aromatic rings. The molecule has 31 heavy (non-hydrogen) atoms. The maximum Gasteiger partial charge on any atom is 0.297 e. The number of ether oxygens (including phenoxy) is 1. The molecular formula is C24H24ClN3O3. The summed E-state index contributed by atoms with van der Waals surface area (Å²) in [6.45, 7) is 9.17. The zero-order chi connectivity index (χ0) is 21.9. The Hall–Kier alpha value is -2.70. The fraction of sp³-hybridized carbons (Fsp3) is 0.375. The lowest BCUT2D eigenvalue weighted by molar-refractivity contribution is -0.0402. The lowest BCUT2D eigenvalue weighted by Gasteiger charge is -2.33. The van der Waals surface area contributed by atoms with Gasteiger partial charge in [-0.2, -0.15) is 0 Å². The summed E-state index contributed by atoms with van der Waals surface area (Å²) >= 11 is 6.28. The van der Waals surface area contributed by atoms with Gasteiger partial charge >= 0.3 is 0 Å². The molecular weight excluding hydrogens is 414 g/mol. The van der Waals surface area contributed by atoms with Gasteiger partial charge in [0.1, 0.15) is 5.52 Å². The van der Waals surface area contributed by atoms with E-state index in [1.165, 1.54) is 4.57 Å². The van der Waals surface area contributed by atoms with Crippen LogP contribution < -0.4 is 5.56 Å². The van der Waals surface area contributed by atoms with E-state index in [4.69, 9.17) is 25.7 Å². The number of halogens is 1. The predicted molar refractivity (Wildman–Crippen MR) is 121 cm³/mol. The van der Waals surface area contributed by atoms with Crippen molar-refractivity contribution in [3.05, 3.63) is 68.4 Å². The van der Waals surface area contributed by atoms with Crippen molar-refractivity contribution in [2.75, 3.05) is 0 Å². The molecule has 0 bridgehead atoms. The zero-order valence-electron chi connectivity index (χ0n) is 18.0. The summed E-state index contributed by atoms with van der Waals surface area (Å²) in [6.07, 6.45) is 2.27. The van der Waals surface area contributed by atoms with Gasteiger partial charge in [-0.25, -0.2) is 9.97 Å². The second kappa shape index (κ2) is 7.18. The fourth-order valence-electron chi connectivity index (χ4n) is 4.32. The molecule has 1 aliphatic rings. The van der Waals surface area contributed by atoms with Gasteiger partial charge in [0, 0.05) is 17.0 Å². The number of rotatable bonds is 3. The lowest BCUT2D eigenvalue weighted by Crippen LogP contribution is -2.33. The molecule has 7 heteroatoms. The average molecular weight is 438 g/mol. The number of aromatic nitrogens is 3. The molecule has 0 unspecified atom stereocenters. The Kier molecular flexibility index (Phi) is 4.68. The van der Waals surface area contributed by atoms with Crippen molar-refractivity contribution in [3.8, 4) is 0 Å². The van der Waals surface area contributed by atoms with E-state index in [0.717, 1.165) is 27.8 Å². The topological polar surface area (TPSA) is 70.2 Å². The third-order valence-corrected chi connectivity index (χ3v) is 6.27. The van der Waals surface area contributed by atoms with Crippen LogP contribution in [-0.4, -0.2) is 20.1 Å². The van der Waals surface area contributed by atoms with E-state index in [1.54, 1.807) is 6.33 Å². The Morgan fingerprint density at radius 3 is 2.74 bits per heavy atom. The molecule has 1 aliphatic heterocycles. The van der Waals surface area contributed by atoms with Crippen molar-refractivity contribution < 1.29 is 9.15 Å². The van der Waals surface area contributed by atoms with Crippen molar-refractivity contribution in [2.45, 2.75) is 58.8 Å². The van der Waals surface area contributed by atoms with E-state index < -0.39 is 0 Å². The molecule has 3 aromatic heterocycles. The molecule has 0 saturated carbocycles. The van der Waals surface area contributed by atoms with Crippen LogP contribution >= 0.6 is 11.6 Å². The molecule has 5 rings (SSSR count). The van der Waals surface area contributed by atoms with Gasteiger partial charge in [0.15, 0.2) is 0 Å². The Bertz CT molecular complexity index is 1380. The second-order valence-electron chi connectivity index (χ2n) is 9.06. The van der Waals surface area contributed by atoms with Gasteiger partial charge in [-0.05, 0) is 37.0 Å². The number of benzene rings is 1. The van der Waals surface area contributed by atoms with Crippen LogP contribution in [0, 0.1) is 0 Å². The number of nitrogens with zero attached hydrogens (tertiary/aromatic N) is 3. The van der Waals surface area contributed by atoms with Gasteiger partial charge in [0.25, 0.3) is 5.56 Å². The van der Waals surface area contributed by atoms with Crippen LogP contribution in [0.1, 0.15) is 56.0 Å². The van der Waals surface area contributed by atoms with Gasteiger partial charge in [-0.1, -0.05) is 43.6 Å². The molecule has 0 spiro atoms. The van der Waals surface area contributed by atoms with E-state index >= 15 is 0 Å². The molecule has 0 amide bonds. The van der Waals surface area contributed by atoms with Gasteiger partial charge in [0.2, 0.25) is 11.3 Å². The largest absolute Gasteiger partial charge is 0.430 e. The number of furan rings is 1. The smallest absolute Gasteiger partial charge is 0.297 e. The summed E-state index contributed by atoms with van der Waals surface area (Å²) in [7, 11) is 0. The van der Waals surface area contributed by atoms with E-state index in [0.29, 0.717) is 35.8 Å². The summed E-state index contributed by atoms with van der Waals surface area (Å²) < 4.78 is 13.6. The highest BCUT2D eigenvalue weighted by Gasteiger charge is 2.33. The van der Waals surface area contributed by atoms with Crippen LogP contribution in [0.2, 0.25) is 5.02 Å². The summed E-state index contributed by atoms with van der Waals surface area (Å²) in [4.78, 5) is 22.7. The summed E-state index contributed by atoms with van der Waals surface area (Å²) in [5, 5.41) is 1.44. The fourth-order valence-corrected chi connectivity index (χ4v) is 4.52. The van der Waals surface area contributed by atoms with Crippen LogP contribution in [-0.2, 0) is 24.3 Å². The van der Waals surface area contributed by atoms with E-state index in [9.17, 15) is 4.79 Å². The highest BCUT2D eigenvalue weighted by atomic mass is 35.5. The highest BCUT2D eigenvalue weighted by molar-refractivity contribution is 6.31. The normalized spacial score (nSPS) is 15.7.